The molecule has 0 aliphatic carbocycles. The minimum atomic E-state index is -0.204. The molecule has 0 unspecified atom stereocenters. The summed E-state index contributed by atoms with van der Waals surface area (Å²) in [4.78, 5) is 2.43. The maximum atomic E-state index is 14.2. The van der Waals surface area contributed by atoms with Crippen LogP contribution in [-0.4, -0.2) is 25.1 Å². The van der Waals surface area contributed by atoms with Gasteiger partial charge < -0.3 is 4.74 Å². The summed E-state index contributed by atoms with van der Waals surface area (Å²) in [5, 5.41) is 0. The molecule has 0 spiro atoms. The van der Waals surface area contributed by atoms with E-state index in [1.54, 1.807) is 19.2 Å². The van der Waals surface area contributed by atoms with Crippen LogP contribution in [0.2, 0.25) is 0 Å². The number of hydrogen-bond donors (Lipinski definition) is 0. The number of benzene rings is 2. The summed E-state index contributed by atoms with van der Waals surface area (Å²) >= 11 is 0. The van der Waals surface area contributed by atoms with Crippen LogP contribution in [0, 0.1) is 5.82 Å². The quantitative estimate of drug-likeness (QED) is 0.838. The van der Waals surface area contributed by atoms with E-state index in [1.807, 2.05) is 18.2 Å². The lowest BCUT2D eigenvalue weighted by Gasteiger charge is -2.18. The molecule has 1 saturated heterocycles. The van der Waals surface area contributed by atoms with Gasteiger partial charge in [0.2, 0.25) is 0 Å². The van der Waals surface area contributed by atoms with Gasteiger partial charge in [-0.2, -0.15) is 0 Å². The zero-order valence-corrected chi connectivity index (χ0v) is 12.3. The molecule has 3 rings (SSSR count). The molecule has 1 fully saturated rings. The summed E-state index contributed by atoms with van der Waals surface area (Å²) in [7, 11) is 1.60. The van der Waals surface area contributed by atoms with E-state index in [2.05, 4.69) is 11.0 Å². The van der Waals surface area contributed by atoms with Gasteiger partial charge in [0.25, 0.3) is 0 Å². The Labute approximate surface area is 125 Å². The highest BCUT2D eigenvalue weighted by molar-refractivity contribution is 5.69. The van der Waals surface area contributed by atoms with Crippen molar-refractivity contribution in [2.45, 2.75) is 19.4 Å². The highest BCUT2D eigenvalue weighted by Gasteiger charge is 2.16. The molecule has 0 radical (unpaired) electrons. The predicted molar refractivity (Wildman–Crippen MR) is 82.9 cm³/mol. The van der Waals surface area contributed by atoms with Crippen LogP contribution < -0.4 is 4.74 Å². The van der Waals surface area contributed by atoms with E-state index < -0.39 is 0 Å². The van der Waals surface area contributed by atoms with Crippen LogP contribution in [0.25, 0.3) is 11.1 Å². The molecule has 0 amide bonds. The van der Waals surface area contributed by atoms with E-state index in [1.165, 1.54) is 24.5 Å². The third kappa shape index (κ3) is 3.08. The van der Waals surface area contributed by atoms with E-state index in [0.29, 0.717) is 11.3 Å². The summed E-state index contributed by atoms with van der Waals surface area (Å²) in [6.45, 7) is 3.15. The second-order valence-electron chi connectivity index (χ2n) is 5.49. The van der Waals surface area contributed by atoms with Gasteiger partial charge in [-0.15, -0.1) is 0 Å². The van der Waals surface area contributed by atoms with E-state index in [9.17, 15) is 4.39 Å². The van der Waals surface area contributed by atoms with Gasteiger partial charge in [-0.25, -0.2) is 4.39 Å². The van der Waals surface area contributed by atoms with Crippen molar-refractivity contribution in [3.05, 3.63) is 53.8 Å². The van der Waals surface area contributed by atoms with E-state index in [0.717, 1.165) is 25.2 Å². The maximum Gasteiger partial charge on any atom is 0.131 e. The molecule has 2 aromatic carbocycles. The SMILES string of the molecule is COc1ccc(F)c(-c2ccccc2CN2CCCC2)c1. The molecule has 0 saturated carbocycles. The smallest absolute Gasteiger partial charge is 0.131 e. The molecule has 0 aromatic heterocycles. The summed E-state index contributed by atoms with van der Waals surface area (Å²) in [6.07, 6.45) is 2.52. The molecular weight excluding hydrogens is 265 g/mol. The maximum absolute atomic E-state index is 14.2. The fourth-order valence-electron chi connectivity index (χ4n) is 2.94. The fourth-order valence-corrected chi connectivity index (χ4v) is 2.94. The van der Waals surface area contributed by atoms with Gasteiger partial charge in [-0.3, -0.25) is 4.90 Å². The average molecular weight is 285 g/mol. The van der Waals surface area contributed by atoms with Crippen LogP contribution in [0.5, 0.6) is 5.75 Å². The molecule has 110 valence electrons. The molecule has 1 aliphatic heterocycles. The first kappa shape index (κ1) is 14.1. The number of rotatable bonds is 4. The Hall–Kier alpha value is -1.87. The Balaban J connectivity index is 1.97. The van der Waals surface area contributed by atoms with Crippen molar-refractivity contribution in [2.75, 3.05) is 20.2 Å². The summed E-state index contributed by atoms with van der Waals surface area (Å²) < 4.78 is 19.4. The number of hydrogen-bond acceptors (Lipinski definition) is 2. The summed E-state index contributed by atoms with van der Waals surface area (Å²) in [6, 6.07) is 13.0. The molecular formula is C18H20FNO. The number of methoxy groups -OCH3 is 1. The third-order valence-corrected chi connectivity index (χ3v) is 4.07. The molecule has 1 aliphatic rings. The van der Waals surface area contributed by atoms with Crippen molar-refractivity contribution in [2.24, 2.45) is 0 Å². The molecule has 3 heteroatoms. The Morgan fingerprint density at radius 2 is 1.81 bits per heavy atom. The van der Waals surface area contributed by atoms with Crippen molar-refractivity contribution in [1.29, 1.82) is 0 Å². The fraction of sp³-hybridized carbons (Fsp3) is 0.333. The number of likely N-dealkylation sites (tertiary alicyclic amines) is 1. The minimum Gasteiger partial charge on any atom is -0.497 e. The second-order valence-corrected chi connectivity index (χ2v) is 5.49. The molecule has 21 heavy (non-hydrogen) atoms. The van der Waals surface area contributed by atoms with Crippen molar-refractivity contribution in [3.8, 4) is 16.9 Å². The van der Waals surface area contributed by atoms with Crippen molar-refractivity contribution in [3.63, 3.8) is 0 Å². The zero-order valence-electron chi connectivity index (χ0n) is 12.3. The van der Waals surface area contributed by atoms with Gasteiger partial charge in [0, 0.05) is 12.1 Å². The van der Waals surface area contributed by atoms with Crippen molar-refractivity contribution >= 4 is 0 Å². The van der Waals surface area contributed by atoms with Crippen molar-refractivity contribution in [1.82, 2.24) is 4.90 Å². The van der Waals surface area contributed by atoms with Gasteiger partial charge in [0.05, 0.1) is 7.11 Å². The monoisotopic (exact) mass is 285 g/mol. The lowest BCUT2D eigenvalue weighted by molar-refractivity contribution is 0.332. The van der Waals surface area contributed by atoms with Crippen LogP contribution in [0.3, 0.4) is 0 Å². The van der Waals surface area contributed by atoms with Gasteiger partial charge >= 0.3 is 0 Å². The van der Waals surface area contributed by atoms with Crippen LogP contribution in [0.4, 0.5) is 4.39 Å². The van der Waals surface area contributed by atoms with Gasteiger partial charge in [-0.05, 0) is 55.3 Å². The summed E-state index contributed by atoms with van der Waals surface area (Å²) in [5.41, 5.74) is 2.75. The van der Waals surface area contributed by atoms with E-state index in [4.69, 9.17) is 4.74 Å². The number of ether oxygens (including phenoxy) is 1. The molecule has 0 atom stereocenters. The lowest BCUT2D eigenvalue weighted by Crippen LogP contribution is -2.18. The van der Waals surface area contributed by atoms with Crippen LogP contribution in [-0.2, 0) is 6.54 Å². The van der Waals surface area contributed by atoms with Crippen LogP contribution in [0.15, 0.2) is 42.5 Å². The first-order valence-electron chi connectivity index (χ1n) is 7.42. The first-order chi connectivity index (χ1) is 10.3. The Morgan fingerprint density at radius 3 is 2.57 bits per heavy atom. The summed E-state index contributed by atoms with van der Waals surface area (Å²) in [5.74, 6) is 0.479. The van der Waals surface area contributed by atoms with Gasteiger partial charge in [-0.1, -0.05) is 24.3 Å². The topological polar surface area (TPSA) is 12.5 Å². The third-order valence-electron chi connectivity index (χ3n) is 4.07. The highest BCUT2D eigenvalue weighted by atomic mass is 19.1. The Morgan fingerprint density at radius 1 is 1.05 bits per heavy atom. The second kappa shape index (κ2) is 6.27. The number of halogens is 1. The number of nitrogens with zero attached hydrogens (tertiary/aromatic N) is 1. The van der Waals surface area contributed by atoms with Gasteiger partial charge in [0.1, 0.15) is 11.6 Å². The molecule has 2 aromatic rings. The highest BCUT2D eigenvalue weighted by Crippen LogP contribution is 2.30. The molecule has 1 heterocycles. The minimum absolute atomic E-state index is 0.204. The lowest BCUT2D eigenvalue weighted by atomic mass is 9.98. The standard InChI is InChI=1S/C18H20FNO/c1-21-15-8-9-18(19)17(12-15)16-7-3-2-6-14(16)13-20-10-4-5-11-20/h2-3,6-9,12H,4-5,10-11,13H2,1H3. The zero-order chi connectivity index (χ0) is 14.7. The molecule has 2 nitrogen and oxygen atoms in total. The average Bonchev–Trinajstić information content (AvgIpc) is 3.02. The van der Waals surface area contributed by atoms with Crippen molar-refractivity contribution < 1.29 is 9.13 Å². The normalized spacial score (nSPS) is 15.3. The molecule has 0 bridgehead atoms. The molecule has 0 N–H and O–H groups in total. The van der Waals surface area contributed by atoms with E-state index in [-0.39, 0.29) is 5.82 Å². The van der Waals surface area contributed by atoms with Crippen LogP contribution in [0.1, 0.15) is 18.4 Å². The Bertz CT molecular complexity index is 620. The first-order valence-corrected chi connectivity index (χ1v) is 7.42. The van der Waals surface area contributed by atoms with Crippen LogP contribution >= 0.6 is 0 Å². The Kier molecular flexibility index (Phi) is 4.20. The largest absolute Gasteiger partial charge is 0.497 e. The van der Waals surface area contributed by atoms with Gasteiger partial charge in [0.15, 0.2) is 0 Å². The van der Waals surface area contributed by atoms with E-state index >= 15 is 0 Å². The predicted octanol–water partition coefficient (Wildman–Crippen LogP) is 4.10.